The van der Waals surface area contributed by atoms with Crippen LogP contribution in [-0.4, -0.2) is 16.2 Å². The summed E-state index contributed by atoms with van der Waals surface area (Å²) in [5.41, 5.74) is 4.57. The van der Waals surface area contributed by atoms with Crippen LogP contribution in [0.25, 0.3) is 23.2 Å². The van der Waals surface area contributed by atoms with E-state index in [1.54, 1.807) is 0 Å². The highest BCUT2D eigenvalue weighted by molar-refractivity contribution is 5.79. The minimum Gasteiger partial charge on any atom is -0.494 e. The van der Waals surface area contributed by atoms with Crippen LogP contribution >= 0.6 is 0 Å². The van der Waals surface area contributed by atoms with E-state index in [-0.39, 0.29) is 0 Å². The first-order chi connectivity index (χ1) is 13.8. The van der Waals surface area contributed by atoms with Crippen LogP contribution < -0.4 is 4.74 Å². The van der Waals surface area contributed by atoms with Crippen molar-refractivity contribution >= 4 is 23.2 Å². The van der Waals surface area contributed by atoms with E-state index >= 15 is 0 Å². The molecular weight excluding hydrogens is 344 g/mol. The summed E-state index contributed by atoms with van der Waals surface area (Å²) < 4.78 is 8.19. The number of aryl methyl sites for hydroxylation is 2. The van der Waals surface area contributed by atoms with Gasteiger partial charge in [0.15, 0.2) is 0 Å². The molecule has 0 spiro atoms. The second kappa shape index (κ2) is 8.57. The quantitative estimate of drug-likeness (QED) is 0.375. The van der Waals surface area contributed by atoms with Crippen LogP contribution in [0.1, 0.15) is 23.4 Å². The summed E-state index contributed by atoms with van der Waals surface area (Å²) in [5, 5.41) is 0. The Labute approximate surface area is 165 Å². The van der Waals surface area contributed by atoms with Crippen molar-refractivity contribution in [3.05, 3.63) is 95.8 Å². The summed E-state index contributed by atoms with van der Waals surface area (Å²) in [6, 6.07) is 26.8. The molecule has 0 radical (unpaired) electrons. The number of imidazole rings is 1. The van der Waals surface area contributed by atoms with Gasteiger partial charge in [-0.25, -0.2) is 4.98 Å². The van der Waals surface area contributed by atoms with E-state index in [0.29, 0.717) is 6.61 Å². The van der Waals surface area contributed by atoms with Crippen molar-refractivity contribution in [2.45, 2.75) is 19.9 Å². The lowest BCUT2D eigenvalue weighted by Gasteiger charge is -2.09. The van der Waals surface area contributed by atoms with Crippen molar-refractivity contribution in [1.29, 1.82) is 0 Å². The third-order valence-electron chi connectivity index (χ3n) is 4.69. The van der Waals surface area contributed by atoms with Gasteiger partial charge in [0, 0.05) is 6.54 Å². The molecule has 4 rings (SSSR count). The molecule has 1 heterocycles. The SMILES string of the molecule is Cc1cccc(OCCCn2c(C=Cc3ccccc3)nc3ccccc32)c1. The lowest BCUT2D eigenvalue weighted by Crippen LogP contribution is -2.06. The second-order valence-electron chi connectivity index (χ2n) is 6.87. The zero-order chi connectivity index (χ0) is 19.2. The van der Waals surface area contributed by atoms with Gasteiger partial charge in [-0.2, -0.15) is 0 Å². The van der Waals surface area contributed by atoms with E-state index in [1.807, 2.05) is 36.4 Å². The van der Waals surface area contributed by atoms with Crippen molar-refractivity contribution in [3.63, 3.8) is 0 Å². The van der Waals surface area contributed by atoms with E-state index < -0.39 is 0 Å². The first-order valence-electron chi connectivity index (χ1n) is 9.67. The van der Waals surface area contributed by atoms with Gasteiger partial charge in [-0.05, 0) is 54.8 Å². The molecule has 140 valence electrons. The summed E-state index contributed by atoms with van der Waals surface area (Å²) in [7, 11) is 0. The van der Waals surface area contributed by atoms with Gasteiger partial charge in [0.05, 0.1) is 17.6 Å². The summed E-state index contributed by atoms with van der Waals surface area (Å²) in [5.74, 6) is 1.90. The van der Waals surface area contributed by atoms with Gasteiger partial charge >= 0.3 is 0 Å². The average Bonchev–Trinajstić information content (AvgIpc) is 3.08. The molecule has 0 aliphatic rings. The molecule has 0 bridgehead atoms. The Bertz CT molecular complexity index is 1080. The molecule has 3 nitrogen and oxygen atoms in total. The summed E-state index contributed by atoms with van der Waals surface area (Å²) in [6.45, 7) is 3.62. The average molecular weight is 368 g/mol. The Kier molecular flexibility index (Phi) is 5.53. The van der Waals surface area contributed by atoms with Crippen LogP contribution in [-0.2, 0) is 6.54 Å². The Morgan fingerprint density at radius 2 is 1.71 bits per heavy atom. The molecule has 3 aromatic carbocycles. The number of nitrogens with zero attached hydrogens (tertiary/aromatic N) is 2. The number of fused-ring (bicyclic) bond motifs is 1. The lowest BCUT2D eigenvalue weighted by atomic mass is 10.2. The van der Waals surface area contributed by atoms with Crippen LogP contribution in [0, 0.1) is 6.92 Å². The highest BCUT2D eigenvalue weighted by Gasteiger charge is 2.08. The third-order valence-corrected chi connectivity index (χ3v) is 4.69. The van der Waals surface area contributed by atoms with Crippen LogP contribution in [0.4, 0.5) is 0 Å². The van der Waals surface area contributed by atoms with Gasteiger partial charge in [0.1, 0.15) is 11.6 Å². The predicted molar refractivity (Wildman–Crippen MR) is 116 cm³/mol. The number of para-hydroxylation sites is 2. The summed E-state index contributed by atoms with van der Waals surface area (Å²) in [6.07, 6.45) is 5.12. The molecule has 4 aromatic rings. The summed E-state index contributed by atoms with van der Waals surface area (Å²) >= 11 is 0. The Balaban J connectivity index is 1.49. The molecule has 0 saturated carbocycles. The van der Waals surface area contributed by atoms with Gasteiger partial charge in [-0.1, -0.05) is 60.7 Å². The van der Waals surface area contributed by atoms with E-state index in [0.717, 1.165) is 35.6 Å². The molecule has 0 saturated heterocycles. The largest absolute Gasteiger partial charge is 0.494 e. The normalized spacial score (nSPS) is 11.3. The minimum absolute atomic E-state index is 0.678. The van der Waals surface area contributed by atoms with Gasteiger partial charge in [-0.15, -0.1) is 0 Å². The fraction of sp³-hybridized carbons (Fsp3) is 0.160. The van der Waals surface area contributed by atoms with Crippen LogP contribution in [0.3, 0.4) is 0 Å². The third kappa shape index (κ3) is 4.32. The van der Waals surface area contributed by atoms with Gasteiger partial charge in [-0.3, -0.25) is 0 Å². The van der Waals surface area contributed by atoms with Crippen molar-refractivity contribution in [2.75, 3.05) is 6.61 Å². The van der Waals surface area contributed by atoms with Crippen LogP contribution in [0.15, 0.2) is 78.9 Å². The molecular formula is C25H24N2O. The summed E-state index contributed by atoms with van der Waals surface area (Å²) in [4.78, 5) is 4.81. The molecule has 0 fully saturated rings. The predicted octanol–water partition coefficient (Wildman–Crippen LogP) is 5.98. The molecule has 1 aromatic heterocycles. The monoisotopic (exact) mass is 368 g/mol. The smallest absolute Gasteiger partial charge is 0.133 e. The number of rotatable bonds is 7. The molecule has 0 amide bonds. The van der Waals surface area contributed by atoms with Crippen molar-refractivity contribution in [3.8, 4) is 5.75 Å². The lowest BCUT2D eigenvalue weighted by molar-refractivity contribution is 0.302. The number of ether oxygens (including phenoxy) is 1. The Morgan fingerprint density at radius 1 is 0.893 bits per heavy atom. The maximum atomic E-state index is 5.91. The molecule has 0 unspecified atom stereocenters. The standard InChI is InChI=1S/C25H24N2O/c1-20-9-7-12-22(19-20)28-18-8-17-27-24-14-6-5-13-23(24)26-25(27)16-15-21-10-3-2-4-11-21/h2-7,9-16,19H,8,17-18H2,1H3. The van der Waals surface area contributed by atoms with Gasteiger partial charge < -0.3 is 9.30 Å². The Morgan fingerprint density at radius 3 is 2.57 bits per heavy atom. The number of hydrogen-bond acceptors (Lipinski definition) is 2. The van der Waals surface area contributed by atoms with E-state index in [1.165, 1.54) is 11.1 Å². The second-order valence-corrected chi connectivity index (χ2v) is 6.87. The topological polar surface area (TPSA) is 27.1 Å². The van der Waals surface area contributed by atoms with E-state index in [9.17, 15) is 0 Å². The first kappa shape index (κ1) is 18.1. The van der Waals surface area contributed by atoms with Crippen molar-refractivity contribution < 1.29 is 4.74 Å². The van der Waals surface area contributed by atoms with Crippen molar-refractivity contribution in [2.24, 2.45) is 0 Å². The molecule has 0 aliphatic heterocycles. The van der Waals surface area contributed by atoms with Gasteiger partial charge in [0.2, 0.25) is 0 Å². The number of benzene rings is 3. The Hall–Kier alpha value is -3.33. The van der Waals surface area contributed by atoms with Gasteiger partial charge in [0.25, 0.3) is 0 Å². The van der Waals surface area contributed by atoms with Crippen LogP contribution in [0.5, 0.6) is 5.75 Å². The zero-order valence-electron chi connectivity index (χ0n) is 16.1. The van der Waals surface area contributed by atoms with Crippen LogP contribution in [0.2, 0.25) is 0 Å². The zero-order valence-corrected chi connectivity index (χ0v) is 16.1. The number of aromatic nitrogens is 2. The van der Waals surface area contributed by atoms with Crippen molar-refractivity contribution in [1.82, 2.24) is 9.55 Å². The minimum atomic E-state index is 0.678. The molecule has 0 atom stereocenters. The van der Waals surface area contributed by atoms with E-state index in [2.05, 4.69) is 66.1 Å². The first-order valence-corrected chi connectivity index (χ1v) is 9.67. The molecule has 28 heavy (non-hydrogen) atoms. The maximum Gasteiger partial charge on any atom is 0.133 e. The molecule has 0 aliphatic carbocycles. The van der Waals surface area contributed by atoms with E-state index in [4.69, 9.17) is 9.72 Å². The fourth-order valence-corrected chi connectivity index (χ4v) is 3.31. The highest BCUT2D eigenvalue weighted by atomic mass is 16.5. The maximum absolute atomic E-state index is 5.91. The highest BCUT2D eigenvalue weighted by Crippen LogP contribution is 2.19. The fourth-order valence-electron chi connectivity index (χ4n) is 3.31. The number of hydrogen-bond donors (Lipinski definition) is 0. The molecule has 3 heteroatoms. The molecule has 0 N–H and O–H groups in total.